The van der Waals surface area contributed by atoms with Crippen LogP contribution in [0.2, 0.25) is 0 Å². The fourth-order valence-corrected chi connectivity index (χ4v) is 2.91. The van der Waals surface area contributed by atoms with Gasteiger partial charge in [0.15, 0.2) is 0 Å². The number of ether oxygens (including phenoxy) is 1. The van der Waals surface area contributed by atoms with Gasteiger partial charge in [0, 0.05) is 19.0 Å². The maximum atomic E-state index is 12.5. The van der Waals surface area contributed by atoms with E-state index < -0.39 is 17.7 Å². The van der Waals surface area contributed by atoms with Crippen LogP contribution in [0.1, 0.15) is 46.3 Å². The van der Waals surface area contributed by atoms with Gasteiger partial charge in [-0.3, -0.25) is 9.59 Å². The lowest BCUT2D eigenvalue weighted by molar-refractivity contribution is -0.137. The number of alkyl carbamates (subject to hydrolysis) is 1. The lowest BCUT2D eigenvalue weighted by atomic mass is 9.95. The Hall–Kier alpha value is -2.51. The number of rotatable bonds is 5. The highest BCUT2D eigenvalue weighted by Gasteiger charge is 2.30. The van der Waals surface area contributed by atoms with Crippen LogP contribution in [0, 0.1) is 5.92 Å². The molecule has 1 aromatic rings. The Bertz CT molecular complexity index is 643. The predicted octanol–water partition coefficient (Wildman–Crippen LogP) is 2.05. The Kier molecular flexibility index (Phi) is 6.87. The Morgan fingerprint density at radius 1 is 1.30 bits per heavy atom. The Balaban J connectivity index is 1.74. The molecule has 3 amide bonds. The van der Waals surface area contributed by atoms with Crippen LogP contribution in [0.3, 0.4) is 0 Å². The molecule has 1 fully saturated rings. The zero-order valence-corrected chi connectivity index (χ0v) is 16.4. The molecule has 2 N–H and O–H groups in total. The molecular weight excluding hydrogens is 350 g/mol. The molecule has 27 heavy (non-hydrogen) atoms. The second kappa shape index (κ2) is 8.92. The maximum absolute atomic E-state index is 12.5. The van der Waals surface area contributed by atoms with Gasteiger partial charge in [0.05, 0.1) is 12.8 Å². The van der Waals surface area contributed by atoms with E-state index in [1.54, 1.807) is 51.0 Å². The third-order valence-electron chi connectivity index (χ3n) is 4.30. The van der Waals surface area contributed by atoms with E-state index in [4.69, 9.17) is 9.15 Å². The molecule has 150 valence electrons. The minimum Gasteiger partial charge on any atom is -0.467 e. The van der Waals surface area contributed by atoms with Gasteiger partial charge in [-0.1, -0.05) is 0 Å². The number of carbonyl (C=O) groups excluding carboxylic acids is 3. The largest absolute Gasteiger partial charge is 0.467 e. The molecule has 2 rings (SSSR count). The molecule has 1 unspecified atom stereocenters. The second-order valence-electron chi connectivity index (χ2n) is 7.76. The van der Waals surface area contributed by atoms with Crippen LogP contribution < -0.4 is 10.6 Å². The van der Waals surface area contributed by atoms with Crippen molar-refractivity contribution in [3.63, 3.8) is 0 Å². The summed E-state index contributed by atoms with van der Waals surface area (Å²) in [7, 11) is 0. The van der Waals surface area contributed by atoms with Crippen LogP contribution >= 0.6 is 0 Å². The molecule has 1 aliphatic rings. The van der Waals surface area contributed by atoms with Crippen molar-refractivity contribution >= 4 is 17.9 Å². The van der Waals surface area contributed by atoms with Gasteiger partial charge < -0.3 is 24.7 Å². The molecule has 0 aromatic carbocycles. The van der Waals surface area contributed by atoms with E-state index in [1.807, 2.05) is 0 Å². The number of amides is 3. The van der Waals surface area contributed by atoms with E-state index in [0.29, 0.717) is 38.2 Å². The lowest BCUT2D eigenvalue weighted by Gasteiger charge is -2.33. The smallest absolute Gasteiger partial charge is 0.408 e. The summed E-state index contributed by atoms with van der Waals surface area (Å²) >= 11 is 0. The van der Waals surface area contributed by atoms with Gasteiger partial charge in [-0.2, -0.15) is 0 Å². The number of carbonyl (C=O) groups is 3. The highest BCUT2D eigenvalue weighted by molar-refractivity contribution is 5.86. The summed E-state index contributed by atoms with van der Waals surface area (Å²) in [6, 6.07) is 2.91. The minimum absolute atomic E-state index is 0.0292. The summed E-state index contributed by atoms with van der Waals surface area (Å²) in [5.74, 6) is 0.380. The van der Waals surface area contributed by atoms with Crippen molar-refractivity contribution < 1.29 is 23.5 Å². The summed E-state index contributed by atoms with van der Waals surface area (Å²) in [5, 5.41) is 5.42. The third kappa shape index (κ3) is 6.62. The van der Waals surface area contributed by atoms with Gasteiger partial charge in [-0.15, -0.1) is 0 Å². The van der Waals surface area contributed by atoms with Gasteiger partial charge in [0.2, 0.25) is 11.8 Å². The Morgan fingerprint density at radius 3 is 2.52 bits per heavy atom. The molecule has 8 heteroatoms. The quantitative estimate of drug-likeness (QED) is 0.815. The Morgan fingerprint density at radius 2 is 1.96 bits per heavy atom. The van der Waals surface area contributed by atoms with E-state index in [-0.39, 0.29) is 17.7 Å². The maximum Gasteiger partial charge on any atom is 0.408 e. The molecule has 0 aliphatic carbocycles. The highest BCUT2D eigenvalue weighted by Crippen LogP contribution is 2.18. The third-order valence-corrected chi connectivity index (χ3v) is 4.30. The average Bonchev–Trinajstić information content (AvgIpc) is 3.11. The molecule has 1 aromatic heterocycles. The van der Waals surface area contributed by atoms with Crippen LogP contribution in [-0.4, -0.2) is 47.5 Å². The Labute approximate surface area is 159 Å². The summed E-state index contributed by atoms with van der Waals surface area (Å²) in [5.41, 5.74) is -0.617. The first-order chi connectivity index (χ1) is 12.7. The fourth-order valence-electron chi connectivity index (χ4n) is 2.91. The number of nitrogens with one attached hydrogen (secondary N) is 2. The first kappa shape index (κ1) is 20.8. The SMILES string of the molecule is CC(NC(=O)OC(C)(C)C)C(=O)N1CCC(C(=O)NCc2ccco2)CC1. The lowest BCUT2D eigenvalue weighted by Crippen LogP contribution is -2.51. The van der Waals surface area contributed by atoms with Crippen molar-refractivity contribution in [3.8, 4) is 0 Å². The normalized spacial score (nSPS) is 16.5. The van der Waals surface area contributed by atoms with Crippen molar-refractivity contribution in [2.24, 2.45) is 5.92 Å². The molecular formula is C19H29N3O5. The van der Waals surface area contributed by atoms with Crippen molar-refractivity contribution in [1.29, 1.82) is 0 Å². The first-order valence-electron chi connectivity index (χ1n) is 9.24. The fraction of sp³-hybridized carbons (Fsp3) is 0.632. The van der Waals surface area contributed by atoms with Crippen molar-refractivity contribution in [2.75, 3.05) is 13.1 Å². The summed E-state index contributed by atoms with van der Waals surface area (Å²) in [4.78, 5) is 38.2. The molecule has 0 bridgehead atoms. The topological polar surface area (TPSA) is 101 Å². The summed E-state index contributed by atoms with van der Waals surface area (Å²) in [6.45, 7) is 8.26. The van der Waals surface area contributed by atoms with Gasteiger partial charge >= 0.3 is 6.09 Å². The molecule has 0 spiro atoms. The second-order valence-corrected chi connectivity index (χ2v) is 7.76. The van der Waals surface area contributed by atoms with Crippen LogP contribution in [0.5, 0.6) is 0 Å². The highest BCUT2D eigenvalue weighted by atomic mass is 16.6. The van der Waals surface area contributed by atoms with Crippen LogP contribution in [0.4, 0.5) is 4.79 Å². The van der Waals surface area contributed by atoms with Crippen molar-refractivity contribution in [3.05, 3.63) is 24.2 Å². The number of furan rings is 1. The van der Waals surface area contributed by atoms with E-state index in [9.17, 15) is 14.4 Å². The van der Waals surface area contributed by atoms with E-state index >= 15 is 0 Å². The monoisotopic (exact) mass is 379 g/mol. The summed E-state index contributed by atoms with van der Waals surface area (Å²) < 4.78 is 10.4. The molecule has 1 saturated heterocycles. The van der Waals surface area contributed by atoms with Gasteiger partial charge in [-0.25, -0.2) is 4.79 Å². The number of piperidine rings is 1. The molecule has 2 heterocycles. The number of likely N-dealkylation sites (tertiary alicyclic amines) is 1. The van der Waals surface area contributed by atoms with Crippen LogP contribution in [-0.2, 0) is 20.9 Å². The zero-order valence-electron chi connectivity index (χ0n) is 16.4. The standard InChI is InChI=1S/C19H29N3O5/c1-13(21-18(25)27-19(2,3)4)17(24)22-9-7-14(8-10-22)16(23)20-12-15-6-5-11-26-15/h5-6,11,13-14H,7-10,12H2,1-4H3,(H,20,23)(H,21,25). The average molecular weight is 379 g/mol. The number of hydrogen-bond donors (Lipinski definition) is 2. The molecule has 0 radical (unpaired) electrons. The van der Waals surface area contributed by atoms with E-state index in [2.05, 4.69) is 10.6 Å². The summed E-state index contributed by atoms with van der Waals surface area (Å²) in [6.07, 6.45) is 2.14. The molecule has 1 atom stereocenters. The predicted molar refractivity (Wildman–Crippen MR) is 98.7 cm³/mol. The zero-order chi connectivity index (χ0) is 20.0. The van der Waals surface area contributed by atoms with E-state index in [1.165, 1.54) is 0 Å². The van der Waals surface area contributed by atoms with Gasteiger partial charge in [0.1, 0.15) is 17.4 Å². The van der Waals surface area contributed by atoms with Crippen LogP contribution in [0.25, 0.3) is 0 Å². The van der Waals surface area contributed by atoms with Gasteiger partial charge in [-0.05, 0) is 52.7 Å². The molecule has 1 aliphatic heterocycles. The molecule has 0 saturated carbocycles. The van der Waals surface area contributed by atoms with E-state index in [0.717, 1.165) is 0 Å². The van der Waals surface area contributed by atoms with Crippen molar-refractivity contribution in [1.82, 2.24) is 15.5 Å². The molecule has 8 nitrogen and oxygen atoms in total. The number of hydrogen-bond acceptors (Lipinski definition) is 5. The van der Waals surface area contributed by atoms with Crippen molar-refractivity contribution in [2.45, 2.75) is 58.7 Å². The number of nitrogens with zero attached hydrogens (tertiary/aromatic N) is 1. The first-order valence-corrected chi connectivity index (χ1v) is 9.24. The minimum atomic E-state index is -0.677. The van der Waals surface area contributed by atoms with Gasteiger partial charge in [0.25, 0.3) is 0 Å². The van der Waals surface area contributed by atoms with Crippen LogP contribution in [0.15, 0.2) is 22.8 Å².